The van der Waals surface area contributed by atoms with Crippen LogP contribution in [-0.2, 0) is 11.3 Å². The topological polar surface area (TPSA) is 107 Å². The van der Waals surface area contributed by atoms with E-state index < -0.39 is 0 Å². The van der Waals surface area contributed by atoms with E-state index in [0.717, 1.165) is 37.5 Å². The SMILES string of the molecule is Cc1ccc([C@H](CCN2[C@@H]3CC[C@H]2CC(n2c(C)nnc2C(C)C)C3)NC(=O)Cn2cnnn2)s1. The highest BCUT2D eigenvalue weighted by Crippen LogP contribution is 2.42. The fraction of sp³-hybridized carbons (Fsp3) is 0.667. The largest absolute Gasteiger partial charge is 0.347 e. The summed E-state index contributed by atoms with van der Waals surface area (Å²) in [4.78, 5) is 17.9. The van der Waals surface area contributed by atoms with E-state index in [1.165, 1.54) is 33.6 Å². The number of carbonyl (C=O) groups is 1. The average Bonchev–Trinajstić information content (AvgIpc) is 3.60. The quantitative estimate of drug-likeness (QED) is 0.484. The molecular formula is C24H35N9OS. The lowest BCUT2D eigenvalue weighted by Gasteiger charge is -2.40. The molecule has 0 aromatic carbocycles. The van der Waals surface area contributed by atoms with Crippen molar-refractivity contribution >= 4 is 17.2 Å². The first-order valence-corrected chi connectivity index (χ1v) is 13.4. The Balaban J connectivity index is 1.25. The van der Waals surface area contributed by atoms with E-state index in [0.29, 0.717) is 24.0 Å². The van der Waals surface area contributed by atoms with Crippen LogP contribution in [0.15, 0.2) is 18.5 Å². The number of aromatic nitrogens is 7. The van der Waals surface area contributed by atoms with Gasteiger partial charge < -0.3 is 9.88 Å². The Morgan fingerprint density at radius 1 is 1.14 bits per heavy atom. The van der Waals surface area contributed by atoms with Gasteiger partial charge in [-0.25, -0.2) is 4.68 Å². The molecule has 1 N–H and O–H groups in total. The number of rotatable bonds is 9. The lowest BCUT2D eigenvalue weighted by Crippen LogP contribution is -2.45. The Bertz CT molecular complexity index is 1120. The van der Waals surface area contributed by atoms with Gasteiger partial charge in [0.15, 0.2) is 0 Å². The van der Waals surface area contributed by atoms with E-state index in [1.807, 2.05) is 0 Å². The highest BCUT2D eigenvalue weighted by Gasteiger charge is 2.42. The first-order valence-electron chi connectivity index (χ1n) is 12.6. The molecule has 1 unspecified atom stereocenters. The Labute approximate surface area is 210 Å². The molecule has 0 saturated carbocycles. The predicted octanol–water partition coefficient (Wildman–Crippen LogP) is 3.18. The van der Waals surface area contributed by atoms with Gasteiger partial charge in [-0.2, -0.15) is 0 Å². The Hall–Kier alpha value is -2.66. The minimum atomic E-state index is -0.0701. The Morgan fingerprint density at radius 3 is 2.54 bits per heavy atom. The van der Waals surface area contributed by atoms with Gasteiger partial charge in [-0.3, -0.25) is 9.69 Å². The number of hydrogen-bond donors (Lipinski definition) is 1. The number of piperidine rings is 1. The molecule has 3 aromatic rings. The molecule has 2 aliphatic rings. The van der Waals surface area contributed by atoms with Gasteiger partial charge in [0.25, 0.3) is 0 Å². The van der Waals surface area contributed by atoms with Crippen molar-refractivity contribution in [3.05, 3.63) is 39.9 Å². The molecule has 11 heteroatoms. The number of tetrazole rings is 1. The van der Waals surface area contributed by atoms with E-state index >= 15 is 0 Å². The number of aryl methyl sites for hydroxylation is 2. The van der Waals surface area contributed by atoms with Crippen molar-refractivity contribution in [3.63, 3.8) is 0 Å². The molecule has 5 rings (SSSR count). The standard InChI is InChI=1S/C24H35N9OS/c1-15(2)24-28-27-17(4)33(24)20-11-18-6-7-19(12-20)32(18)10-9-21(22-8-5-16(3)35-22)26-23(34)13-31-14-25-29-30-31/h5,8,14-15,18-21H,6-7,9-13H2,1-4H3,(H,26,34)/t18-,19+,20?,21-/m0/s1. The van der Waals surface area contributed by atoms with Gasteiger partial charge in [-0.1, -0.05) is 13.8 Å². The third kappa shape index (κ3) is 5.16. The van der Waals surface area contributed by atoms with Crippen LogP contribution in [0.25, 0.3) is 0 Å². The summed E-state index contributed by atoms with van der Waals surface area (Å²) in [5.41, 5.74) is 0. The summed E-state index contributed by atoms with van der Waals surface area (Å²) in [6, 6.07) is 5.88. The molecule has 0 spiro atoms. The summed E-state index contributed by atoms with van der Waals surface area (Å²) in [6.45, 7) is 9.69. The molecule has 0 aliphatic carbocycles. The maximum atomic E-state index is 12.7. The number of thiophene rings is 1. The van der Waals surface area contributed by atoms with Gasteiger partial charge >= 0.3 is 0 Å². The zero-order chi connectivity index (χ0) is 24.5. The van der Waals surface area contributed by atoms with E-state index in [1.54, 1.807) is 11.3 Å². The summed E-state index contributed by atoms with van der Waals surface area (Å²) in [5, 5.41) is 23.2. The minimum Gasteiger partial charge on any atom is -0.347 e. The summed E-state index contributed by atoms with van der Waals surface area (Å²) < 4.78 is 3.86. The molecule has 35 heavy (non-hydrogen) atoms. The second-order valence-corrected chi connectivity index (χ2v) is 11.6. The predicted molar refractivity (Wildman–Crippen MR) is 133 cm³/mol. The van der Waals surface area contributed by atoms with Gasteiger partial charge in [0.1, 0.15) is 24.5 Å². The zero-order valence-corrected chi connectivity index (χ0v) is 21.8. The Morgan fingerprint density at radius 2 is 1.91 bits per heavy atom. The third-order valence-corrected chi connectivity index (χ3v) is 8.56. The fourth-order valence-corrected chi connectivity index (χ4v) is 6.86. The minimum absolute atomic E-state index is 0.0116. The van der Waals surface area contributed by atoms with E-state index in [4.69, 9.17) is 0 Å². The van der Waals surface area contributed by atoms with E-state index in [9.17, 15) is 4.79 Å². The number of hydrogen-bond acceptors (Lipinski definition) is 8. The maximum Gasteiger partial charge on any atom is 0.242 e. The van der Waals surface area contributed by atoms with Crippen molar-refractivity contribution in [2.75, 3.05) is 6.54 Å². The number of fused-ring (bicyclic) bond motifs is 2. The first kappa shape index (κ1) is 24.1. The normalized spacial score (nSPS) is 23.2. The van der Waals surface area contributed by atoms with Crippen LogP contribution < -0.4 is 5.32 Å². The van der Waals surface area contributed by atoms with Crippen LogP contribution in [0.2, 0.25) is 0 Å². The zero-order valence-electron chi connectivity index (χ0n) is 21.0. The van der Waals surface area contributed by atoms with E-state index in [2.05, 4.69) is 80.3 Å². The van der Waals surface area contributed by atoms with Crippen LogP contribution >= 0.6 is 11.3 Å². The molecule has 2 fully saturated rings. The molecule has 2 aliphatic heterocycles. The molecule has 3 aromatic heterocycles. The second-order valence-electron chi connectivity index (χ2n) is 10.2. The average molecular weight is 498 g/mol. The first-order chi connectivity index (χ1) is 16.9. The molecule has 2 saturated heterocycles. The van der Waals surface area contributed by atoms with Crippen molar-refractivity contribution in [2.45, 2.75) is 96.4 Å². The number of carbonyl (C=O) groups excluding carboxylic acids is 1. The summed E-state index contributed by atoms with van der Waals surface area (Å²) in [7, 11) is 0. The second kappa shape index (κ2) is 10.1. The molecule has 0 radical (unpaired) electrons. The molecule has 10 nitrogen and oxygen atoms in total. The van der Waals surface area contributed by atoms with Crippen molar-refractivity contribution in [2.24, 2.45) is 0 Å². The van der Waals surface area contributed by atoms with Crippen LogP contribution in [0, 0.1) is 13.8 Å². The monoisotopic (exact) mass is 497 g/mol. The lowest BCUT2D eigenvalue weighted by molar-refractivity contribution is -0.122. The van der Waals surface area contributed by atoms with Gasteiger partial charge in [0.2, 0.25) is 5.91 Å². The fourth-order valence-electron chi connectivity index (χ4n) is 5.90. The molecule has 188 valence electrons. The van der Waals surface area contributed by atoms with Crippen LogP contribution in [0.5, 0.6) is 0 Å². The highest BCUT2D eigenvalue weighted by molar-refractivity contribution is 7.12. The van der Waals surface area contributed by atoms with Crippen LogP contribution in [0.1, 0.15) is 85.4 Å². The van der Waals surface area contributed by atoms with Crippen LogP contribution in [0.3, 0.4) is 0 Å². The summed E-state index contributed by atoms with van der Waals surface area (Å²) in [6.07, 6.45) is 7.13. The molecular weight excluding hydrogens is 462 g/mol. The van der Waals surface area contributed by atoms with Gasteiger partial charge in [0.05, 0.1) is 6.04 Å². The molecule has 2 bridgehead atoms. The van der Waals surface area contributed by atoms with Crippen LogP contribution in [-0.4, -0.2) is 64.4 Å². The molecule has 5 heterocycles. The maximum absolute atomic E-state index is 12.7. The number of nitrogens with zero attached hydrogens (tertiary/aromatic N) is 8. The number of nitrogens with one attached hydrogen (secondary N) is 1. The van der Waals surface area contributed by atoms with Gasteiger partial charge in [-0.05, 0) is 68.5 Å². The smallest absolute Gasteiger partial charge is 0.242 e. The summed E-state index contributed by atoms with van der Waals surface area (Å²) in [5.74, 6) is 2.45. The molecule has 1 amide bonds. The third-order valence-electron chi connectivity index (χ3n) is 7.45. The Kier molecular flexibility index (Phi) is 6.97. The number of amides is 1. The van der Waals surface area contributed by atoms with E-state index in [-0.39, 0.29) is 18.5 Å². The van der Waals surface area contributed by atoms with Crippen LogP contribution in [0.4, 0.5) is 0 Å². The van der Waals surface area contributed by atoms with Crippen molar-refractivity contribution in [3.8, 4) is 0 Å². The van der Waals surface area contributed by atoms with Crippen molar-refractivity contribution in [1.82, 2.24) is 45.2 Å². The lowest BCUT2D eigenvalue weighted by atomic mass is 9.95. The molecule has 4 atom stereocenters. The summed E-state index contributed by atoms with van der Waals surface area (Å²) >= 11 is 1.76. The van der Waals surface area contributed by atoms with Gasteiger partial charge in [-0.15, -0.1) is 26.6 Å². The van der Waals surface area contributed by atoms with Crippen molar-refractivity contribution < 1.29 is 4.79 Å². The highest BCUT2D eigenvalue weighted by atomic mass is 32.1. The van der Waals surface area contributed by atoms with Gasteiger partial charge in [0, 0.05) is 40.3 Å². The van der Waals surface area contributed by atoms with Crippen molar-refractivity contribution in [1.29, 1.82) is 0 Å².